The molecule has 0 aromatic carbocycles. The highest BCUT2D eigenvalue weighted by Crippen LogP contribution is 2.48. The van der Waals surface area contributed by atoms with Gasteiger partial charge in [0.25, 0.3) is 0 Å². The molecule has 0 heterocycles. The molecule has 0 aromatic rings. The van der Waals surface area contributed by atoms with Crippen LogP contribution in [0.3, 0.4) is 0 Å². The first-order valence-corrected chi connectivity index (χ1v) is 8.73. The van der Waals surface area contributed by atoms with Gasteiger partial charge in [-0.2, -0.15) is 0 Å². The Hall–Kier alpha value is -1.54. The number of aliphatic hydroxyl groups excluding tert-OH is 2. The van der Waals surface area contributed by atoms with E-state index in [4.69, 9.17) is 19.7 Å². The second kappa shape index (κ2) is 9.82. The highest BCUT2D eigenvalue weighted by molar-refractivity contribution is 5.67. The average molecular weight is 360 g/mol. The van der Waals surface area contributed by atoms with Gasteiger partial charge < -0.3 is 30.3 Å². The maximum atomic E-state index is 11.6. The molecule has 0 aliphatic heterocycles. The number of alkyl carbamates (subject to hydrolysis) is 2. The van der Waals surface area contributed by atoms with Crippen molar-refractivity contribution in [3.63, 3.8) is 0 Å². The normalized spacial score (nSPS) is 25.1. The summed E-state index contributed by atoms with van der Waals surface area (Å²) in [5.41, 5.74) is -0.0215. The van der Waals surface area contributed by atoms with Gasteiger partial charge in [0.05, 0.1) is 13.2 Å². The molecule has 2 atom stereocenters. The van der Waals surface area contributed by atoms with E-state index >= 15 is 0 Å². The van der Waals surface area contributed by atoms with Gasteiger partial charge in [0.1, 0.15) is 13.2 Å². The van der Waals surface area contributed by atoms with E-state index in [0.29, 0.717) is 13.1 Å². The fourth-order valence-electron chi connectivity index (χ4n) is 4.02. The third-order valence-corrected chi connectivity index (χ3v) is 4.37. The molecule has 25 heavy (non-hydrogen) atoms. The van der Waals surface area contributed by atoms with Crippen LogP contribution in [0.5, 0.6) is 0 Å². The van der Waals surface area contributed by atoms with E-state index < -0.39 is 12.2 Å². The van der Waals surface area contributed by atoms with Crippen LogP contribution in [0.4, 0.5) is 9.59 Å². The van der Waals surface area contributed by atoms with Crippen molar-refractivity contribution in [3.8, 4) is 0 Å². The quantitative estimate of drug-likeness (QED) is 0.518. The number of carbonyl (C=O) groups is 2. The molecule has 146 valence electrons. The molecule has 1 aliphatic carbocycles. The number of rotatable bonds is 8. The summed E-state index contributed by atoms with van der Waals surface area (Å²) < 4.78 is 9.64. The molecule has 2 amide bonds. The van der Waals surface area contributed by atoms with Gasteiger partial charge in [-0.05, 0) is 36.0 Å². The Morgan fingerprint density at radius 3 is 2.12 bits per heavy atom. The van der Waals surface area contributed by atoms with Crippen molar-refractivity contribution in [1.82, 2.24) is 10.6 Å². The van der Waals surface area contributed by atoms with Gasteiger partial charge in [0.15, 0.2) is 0 Å². The lowest BCUT2D eigenvalue weighted by Gasteiger charge is -2.46. The van der Waals surface area contributed by atoms with Crippen molar-refractivity contribution in [1.29, 1.82) is 0 Å². The number of carbonyl (C=O) groups excluding carboxylic acids is 2. The van der Waals surface area contributed by atoms with Crippen LogP contribution in [-0.2, 0) is 9.47 Å². The fraction of sp³-hybridized carbons (Fsp3) is 0.882. The summed E-state index contributed by atoms with van der Waals surface area (Å²) in [6.45, 7) is 7.05. The van der Waals surface area contributed by atoms with Gasteiger partial charge in [-0.3, -0.25) is 0 Å². The smallest absolute Gasteiger partial charge is 0.407 e. The molecule has 1 fully saturated rings. The standard InChI is InChI=1S/C17H32N2O6/c1-16(2)8-13(10-18-14(22)24-6-4-20)9-17(3,11-16)12-19-15(23)25-7-5-21/h13,20-21H,4-12H2,1-3H3,(H,18,22)(H,19,23). The van der Waals surface area contributed by atoms with Crippen molar-refractivity contribution in [2.75, 3.05) is 39.5 Å². The molecule has 1 aliphatic rings. The molecule has 2 unspecified atom stereocenters. The second-order valence-electron chi connectivity index (χ2n) is 7.88. The molecule has 0 radical (unpaired) electrons. The number of nitrogens with one attached hydrogen (secondary N) is 2. The van der Waals surface area contributed by atoms with Crippen LogP contribution in [0.1, 0.15) is 40.0 Å². The lowest BCUT2D eigenvalue weighted by molar-refractivity contribution is 0.0489. The SMILES string of the molecule is CC1(C)CC(CNC(=O)OCCO)CC(C)(CNC(=O)OCCO)C1. The average Bonchev–Trinajstić information content (AvgIpc) is 2.52. The summed E-state index contributed by atoms with van der Waals surface area (Å²) in [6.07, 6.45) is 1.73. The zero-order valence-corrected chi connectivity index (χ0v) is 15.5. The minimum absolute atomic E-state index is 0.0143. The van der Waals surface area contributed by atoms with Crippen molar-refractivity contribution >= 4 is 12.2 Å². The van der Waals surface area contributed by atoms with E-state index in [9.17, 15) is 9.59 Å². The summed E-state index contributed by atoms with van der Waals surface area (Å²) in [4.78, 5) is 23.2. The van der Waals surface area contributed by atoms with Gasteiger partial charge in [-0.25, -0.2) is 9.59 Å². The van der Waals surface area contributed by atoms with E-state index in [1.54, 1.807) is 0 Å². The molecule has 0 spiro atoms. The monoisotopic (exact) mass is 360 g/mol. The first-order chi connectivity index (χ1) is 11.7. The van der Waals surface area contributed by atoms with Crippen molar-refractivity contribution in [2.24, 2.45) is 16.7 Å². The minimum atomic E-state index is -0.527. The van der Waals surface area contributed by atoms with Gasteiger partial charge in [-0.15, -0.1) is 0 Å². The van der Waals surface area contributed by atoms with Crippen LogP contribution < -0.4 is 10.6 Å². The van der Waals surface area contributed by atoms with E-state index in [-0.39, 0.29) is 43.2 Å². The van der Waals surface area contributed by atoms with E-state index in [2.05, 4.69) is 31.4 Å². The maximum Gasteiger partial charge on any atom is 0.407 e. The van der Waals surface area contributed by atoms with E-state index in [1.165, 1.54) is 0 Å². The zero-order valence-electron chi connectivity index (χ0n) is 15.5. The van der Waals surface area contributed by atoms with Gasteiger partial charge in [-0.1, -0.05) is 20.8 Å². The highest BCUT2D eigenvalue weighted by Gasteiger charge is 2.41. The second-order valence-corrected chi connectivity index (χ2v) is 7.88. The topological polar surface area (TPSA) is 117 Å². The molecular weight excluding hydrogens is 328 g/mol. The molecule has 8 nitrogen and oxygen atoms in total. The largest absolute Gasteiger partial charge is 0.447 e. The van der Waals surface area contributed by atoms with Crippen LogP contribution in [-0.4, -0.2) is 61.9 Å². The predicted molar refractivity (Wildman–Crippen MR) is 92.1 cm³/mol. The van der Waals surface area contributed by atoms with Crippen LogP contribution in [0, 0.1) is 16.7 Å². The number of ether oxygens (including phenoxy) is 2. The van der Waals surface area contributed by atoms with Crippen molar-refractivity contribution in [3.05, 3.63) is 0 Å². The Morgan fingerprint density at radius 1 is 1.00 bits per heavy atom. The van der Waals surface area contributed by atoms with Crippen molar-refractivity contribution < 1.29 is 29.3 Å². The van der Waals surface area contributed by atoms with E-state index in [1.807, 2.05) is 0 Å². The number of hydrogen-bond acceptors (Lipinski definition) is 6. The number of hydrogen-bond donors (Lipinski definition) is 4. The summed E-state index contributed by atoms with van der Waals surface area (Å²) in [5, 5.41) is 22.9. The van der Waals surface area contributed by atoms with Crippen LogP contribution in [0.2, 0.25) is 0 Å². The molecule has 4 N–H and O–H groups in total. The Bertz CT molecular complexity index is 443. The lowest BCUT2D eigenvalue weighted by Crippen LogP contribution is -2.46. The van der Waals surface area contributed by atoms with Crippen LogP contribution in [0.15, 0.2) is 0 Å². The molecule has 1 rings (SSSR count). The lowest BCUT2D eigenvalue weighted by atomic mass is 9.60. The summed E-state index contributed by atoms with van der Waals surface area (Å²) in [7, 11) is 0. The molecule has 8 heteroatoms. The maximum absolute atomic E-state index is 11.6. The minimum Gasteiger partial charge on any atom is -0.447 e. The Labute approximate surface area is 149 Å². The van der Waals surface area contributed by atoms with Gasteiger partial charge in [0.2, 0.25) is 0 Å². The molecule has 1 saturated carbocycles. The van der Waals surface area contributed by atoms with Crippen LogP contribution >= 0.6 is 0 Å². The Morgan fingerprint density at radius 2 is 1.56 bits per heavy atom. The summed E-state index contributed by atoms with van der Waals surface area (Å²) in [6, 6.07) is 0. The summed E-state index contributed by atoms with van der Waals surface area (Å²) >= 11 is 0. The number of amides is 2. The first-order valence-electron chi connectivity index (χ1n) is 8.73. The zero-order chi connectivity index (χ0) is 18.9. The number of aliphatic hydroxyl groups is 2. The third kappa shape index (κ3) is 8.40. The highest BCUT2D eigenvalue weighted by atomic mass is 16.6. The van der Waals surface area contributed by atoms with Crippen molar-refractivity contribution in [2.45, 2.75) is 40.0 Å². The fourth-order valence-corrected chi connectivity index (χ4v) is 4.02. The van der Waals surface area contributed by atoms with Crippen LogP contribution in [0.25, 0.3) is 0 Å². The van der Waals surface area contributed by atoms with Gasteiger partial charge >= 0.3 is 12.2 Å². The molecular formula is C17H32N2O6. The molecule has 0 bridgehead atoms. The molecule has 0 aromatic heterocycles. The third-order valence-electron chi connectivity index (χ3n) is 4.37. The summed E-state index contributed by atoms with van der Waals surface area (Å²) in [5.74, 6) is 0.269. The first kappa shape index (κ1) is 21.5. The van der Waals surface area contributed by atoms with E-state index in [0.717, 1.165) is 19.3 Å². The van der Waals surface area contributed by atoms with Gasteiger partial charge in [0, 0.05) is 13.1 Å². The predicted octanol–water partition coefficient (Wildman–Crippen LogP) is 1.26. The Kier molecular flexibility index (Phi) is 8.44. The molecule has 0 saturated heterocycles. The Balaban J connectivity index is 2.53.